The van der Waals surface area contributed by atoms with Gasteiger partial charge in [-0.1, -0.05) is 0 Å². The summed E-state index contributed by atoms with van der Waals surface area (Å²) in [5.74, 6) is 0. The van der Waals surface area contributed by atoms with E-state index in [1.54, 1.807) is 4.68 Å². The van der Waals surface area contributed by atoms with Crippen molar-refractivity contribution in [1.82, 2.24) is 14.8 Å². The van der Waals surface area contributed by atoms with Crippen molar-refractivity contribution < 1.29 is 4.42 Å². The van der Waals surface area contributed by atoms with Crippen LogP contribution < -0.4 is 0 Å². The van der Waals surface area contributed by atoms with Crippen molar-refractivity contribution >= 4 is 11.2 Å². The summed E-state index contributed by atoms with van der Waals surface area (Å²) in [6.07, 6.45) is 1.43. The van der Waals surface area contributed by atoms with Crippen LogP contribution in [0, 0.1) is 6.92 Å². The number of aryl methyl sites for hydroxylation is 2. The van der Waals surface area contributed by atoms with Gasteiger partial charge in [0, 0.05) is 7.05 Å². The first kappa shape index (κ1) is 5.46. The Bertz CT molecular complexity index is 328. The monoisotopic (exact) mass is 137 g/mol. The zero-order valence-electron chi connectivity index (χ0n) is 5.83. The Kier molecular flexibility index (Phi) is 0.869. The molecule has 0 saturated heterocycles. The molecule has 0 spiro atoms. The second-order valence-corrected chi connectivity index (χ2v) is 2.22. The van der Waals surface area contributed by atoms with Gasteiger partial charge in [0.2, 0.25) is 5.71 Å². The van der Waals surface area contributed by atoms with Crippen LogP contribution >= 0.6 is 0 Å². The molecule has 0 unspecified atom stereocenters. The van der Waals surface area contributed by atoms with E-state index in [4.69, 9.17) is 4.42 Å². The van der Waals surface area contributed by atoms with Crippen molar-refractivity contribution in [3.8, 4) is 0 Å². The first-order chi connectivity index (χ1) is 4.79. The molecule has 2 rings (SSSR count). The van der Waals surface area contributed by atoms with E-state index in [-0.39, 0.29) is 0 Å². The van der Waals surface area contributed by atoms with E-state index in [0.29, 0.717) is 0 Å². The maximum Gasteiger partial charge on any atom is 0.245 e. The quantitative estimate of drug-likeness (QED) is 0.541. The maximum absolute atomic E-state index is 5.06. The van der Waals surface area contributed by atoms with Gasteiger partial charge in [0.05, 0.1) is 5.69 Å². The van der Waals surface area contributed by atoms with Gasteiger partial charge in [0.15, 0.2) is 11.9 Å². The Morgan fingerprint density at radius 3 is 3.10 bits per heavy atom. The summed E-state index contributed by atoms with van der Waals surface area (Å²) in [5.41, 5.74) is 2.49. The van der Waals surface area contributed by atoms with E-state index in [2.05, 4.69) is 10.1 Å². The summed E-state index contributed by atoms with van der Waals surface area (Å²) in [6.45, 7) is 1.91. The largest absolute Gasteiger partial charge is 0.425 e. The number of hydrogen-bond donors (Lipinski definition) is 0. The molecule has 2 aromatic heterocycles. The average Bonchev–Trinajstić information content (AvgIpc) is 2.39. The van der Waals surface area contributed by atoms with Crippen LogP contribution in [0.2, 0.25) is 0 Å². The fraction of sp³-hybridized carbons (Fsp3) is 0.333. The number of nitrogens with zero attached hydrogens (tertiary/aromatic N) is 3. The van der Waals surface area contributed by atoms with Crippen LogP contribution in [0.5, 0.6) is 0 Å². The molecule has 0 fully saturated rings. The summed E-state index contributed by atoms with van der Waals surface area (Å²) in [7, 11) is 1.83. The molecule has 0 atom stereocenters. The van der Waals surface area contributed by atoms with E-state index < -0.39 is 0 Å². The lowest BCUT2D eigenvalue weighted by atomic mass is 10.4. The van der Waals surface area contributed by atoms with Gasteiger partial charge in [-0.2, -0.15) is 5.10 Å². The van der Waals surface area contributed by atoms with E-state index in [1.807, 2.05) is 14.0 Å². The average molecular weight is 137 g/mol. The van der Waals surface area contributed by atoms with Gasteiger partial charge < -0.3 is 4.42 Å². The fourth-order valence-electron chi connectivity index (χ4n) is 1.04. The standard InChI is InChI=1S/C6H7N3O/c1-4-5-6(9(2)8-4)10-3-7-5/h3H,1-2H3. The molecule has 0 amide bonds. The Hall–Kier alpha value is -1.32. The number of rotatable bonds is 0. The molecule has 4 heteroatoms. The summed E-state index contributed by atoms with van der Waals surface area (Å²) in [6, 6.07) is 0. The van der Waals surface area contributed by atoms with Crippen molar-refractivity contribution in [3.63, 3.8) is 0 Å². The lowest BCUT2D eigenvalue weighted by Crippen LogP contribution is -1.88. The first-order valence-electron chi connectivity index (χ1n) is 3.02. The minimum absolute atomic E-state index is 0.734. The first-order valence-corrected chi connectivity index (χ1v) is 3.02. The number of fused-ring (bicyclic) bond motifs is 1. The van der Waals surface area contributed by atoms with Gasteiger partial charge in [-0.25, -0.2) is 9.67 Å². The molecule has 0 aliphatic heterocycles. The maximum atomic E-state index is 5.06. The van der Waals surface area contributed by atoms with Crippen LogP contribution in [-0.2, 0) is 7.05 Å². The Morgan fingerprint density at radius 1 is 1.60 bits per heavy atom. The Morgan fingerprint density at radius 2 is 2.40 bits per heavy atom. The Labute approximate surface area is 57.5 Å². The van der Waals surface area contributed by atoms with E-state index in [9.17, 15) is 0 Å². The van der Waals surface area contributed by atoms with Crippen molar-refractivity contribution in [2.75, 3.05) is 0 Å². The van der Waals surface area contributed by atoms with Gasteiger partial charge >= 0.3 is 0 Å². The van der Waals surface area contributed by atoms with Crippen LogP contribution in [-0.4, -0.2) is 14.8 Å². The number of oxazole rings is 1. The molecule has 0 saturated carbocycles. The smallest absolute Gasteiger partial charge is 0.245 e. The van der Waals surface area contributed by atoms with Crippen LogP contribution in [0.1, 0.15) is 5.69 Å². The molecular weight excluding hydrogens is 130 g/mol. The summed E-state index contributed by atoms with van der Waals surface area (Å²) in [4.78, 5) is 3.99. The minimum Gasteiger partial charge on any atom is -0.425 e. The van der Waals surface area contributed by atoms with Crippen LogP contribution in [0.25, 0.3) is 11.2 Å². The van der Waals surface area contributed by atoms with E-state index in [0.717, 1.165) is 16.9 Å². The van der Waals surface area contributed by atoms with Gasteiger partial charge in [-0.3, -0.25) is 0 Å². The molecule has 0 aromatic carbocycles. The van der Waals surface area contributed by atoms with Crippen LogP contribution in [0.4, 0.5) is 0 Å². The Balaban J connectivity index is 2.98. The molecule has 10 heavy (non-hydrogen) atoms. The molecule has 4 nitrogen and oxygen atoms in total. The molecular formula is C6H7N3O. The highest BCUT2D eigenvalue weighted by Crippen LogP contribution is 2.13. The van der Waals surface area contributed by atoms with E-state index in [1.165, 1.54) is 6.39 Å². The lowest BCUT2D eigenvalue weighted by Gasteiger charge is -1.83. The molecule has 0 radical (unpaired) electrons. The summed E-state index contributed by atoms with van der Waals surface area (Å²) < 4.78 is 6.74. The topological polar surface area (TPSA) is 43.9 Å². The molecule has 2 aromatic rings. The van der Waals surface area contributed by atoms with Gasteiger partial charge in [0.1, 0.15) is 0 Å². The lowest BCUT2D eigenvalue weighted by molar-refractivity contribution is 0.556. The van der Waals surface area contributed by atoms with E-state index >= 15 is 0 Å². The van der Waals surface area contributed by atoms with Crippen molar-refractivity contribution in [3.05, 3.63) is 12.1 Å². The van der Waals surface area contributed by atoms with Crippen molar-refractivity contribution in [1.29, 1.82) is 0 Å². The molecule has 0 N–H and O–H groups in total. The van der Waals surface area contributed by atoms with Gasteiger partial charge in [-0.15, -0.1) is 0 Å². The highest BCUT2D eigenvalue weighted by atomic mass is 16.3. The zero-order chi connectivity index (χ0) is 7.14. The molecule has 0 bridgehead atoms. The van der Waals surface area contributed by atoms with Crippen molar-refractivity contribution in [2.24, 2.45) is 7.05 Å². The number of aromatic nitrogens is 3. The highest BCUT2D eigenvalue weighted by Gasteiger charge is 2.07. The second-order valence-electron chi connectivity index (χ2n) is 2.22. The fourth-order valence-corrected chi connectivity index (χ4v) is 1.04. The SMILES string of the molecule is Cc1nn(C)c2ocnc12. The summed E-state index contributed by atoms with van der Waals surface area (Å²) >= 11 is 0. The minimum atomic E-state index is 0.734. The third-order valence-electron chi connectivity index (χ3n) is 1.49. The van der Waals surface area contributed by atoms with Gasteiger partial charge in [-0.05, 0) is 6.92 Å². The molecule has 0 aliphatic carbocycles. The predicted octanol–water partition coefficient (Wildman–Crippen LogP) is 0.870. The molecule has 2 heterocycles. The summed E-state index contributed by atoms with van der Waals surface area (Å²) in [5, 5.41) is 4.11. The second kappa shape index (κ2) is 1.59. The molecule has 0 aliphatic rings. The van der Waals surface area contributed by atoms with Crippen LogP contribution in [0.3, 0.4) is 0 Å². The van der Waals surface area contributed by atoms with Crippen LogP contribution in [0.15, 0.2) is 10.8 Å². The molecule has 52 valence electrons. The highest BCUT2D eigenvalue weighted by molar-refractivity contribution is 5.70. The zero-order valence-corrected chi connectivity index (χ0v) is 5.83. The van der Waals surface area contributed by atoms with Crippen molar-refractivity contribution in [2.45, 2.75) is 6.92 Å². The predicted molar refractivity (Wildman–Crippen MR) is 35.5 cm³/mol. The normalized spacial score (nSPS) is 11.0. The van der Waals surface area contributed by atoms with Gasteiger partial charge in [0.25, 0.3) is 0 Å². The number of hydrogen-bond acceptors (Lipinski definition) is 3. The third-order valence-corrected chi connectivity index (χ3v) is 1.49. The third kappa shape index (κ3) is 0.504.